The van der Waals surface area contributed by atoms with Gasteiger partial charge in [0.25, 0.3) is 0 Å². The quantitative estimate of drug-likeness (QED) is 0.367. The highest BCUT2D eigenvalue weighted by atomic mass is 31.2. The predicted octanol–water partition coefficient (Wildman–Crippen LogP) is 5.34. The lowest BCUT2D eigenvalue weighted by Gasteiger charge is -2.32. The van der Waals surface area contributed by atoms with E-state index in [0.29, 0.717) is 13.5 Å². The van der Waals surface area contributed by atoms with Crippen LogP contribution >= 0.6 is 7.14 Å². The highest BCUT2D eigenvalue weighted by Gasteiger charge is 2.25. The third-order valence-corrected chi connectivity index (χ3v) is 9.32. The van der Waals surface area contributed by atoms with E-state index in [1.807, 2.05) is 79.5 Å². The first-order valence-electron chi connectivity index (χ1n) is 11.8. The van der Waals surface area contributed by atoms with Crippen LogP contribution in [0.15, 0.2) is 97.1 Å². The van der Waals surface area contributed by atoms with Crippen LogP contribution in [0.4, 0.5) is 11.4 Å². The highest BCUT2D eigenvalue weighted by molar-refractivity contribution is 7.78. The first-order chi connectivity index (χ1) is 17.1. The van der Waals surface area contributed by atoms with Gasteiger partial charge in [-0.3, -0.25) is 0 Å². The van der Waals surface area contributed by atoms with Crippen LogP contribution in [0.2, 0.25) is 0 Å². The molecule has 6 rings (SSSR count). The average molecular weight is 483 g/mol. The molecule has 2 heterocycles. The van der Waals surface area contributed by atoms with Gasteiger partial charge < -0.3 is 23.8 Å². The van der Waals surface area contributed by atoms with Crippen LogP contribution in [0.5, 0.6) is 11.5 Å². The van der Waals surface area contributed by atoms with Gasteiger partial charge in [0.15, 0.2) is 13.5 Å². The van der Waals surface area contributed by atoms with Crippen LogP contribution in [0.1, 0.15) is 11.1 Å². The summed E-state index contributed by atoms with van der Waals surface area (Å²) in [6.45, 7) is 4.33. The minimum absolute atomic E-state index is 0.473. The maximum atomic E-state index is 14.2. The fraction of sp³-hybridized carbons (Fsp3) is 0.172. The molecule has 35 heavy (non-hydrogen) atoms. The zero-order valence-electron chi connectivity index (χ0n) is 19.6. The van der Waals surface area contributed by atoms with Crippen molar-refractivity contribution in [3.05, 3.63) is 108 Å². The second-order valence-corrected chi connectivity index (χ2v) is 12.0. The Balaban J connectivity index is 1.27. The molecule has 2 aliphatic heterocycles. The lowest BCUT2D eigenvalue weighted by Crippen LogP contribution is -2.33. The smallest absolute Gasteiger partial charge is 0.161 e. The third-order valence-electron chi connectivity index (χ3n) is 6.79. The van der Waals surface area contributed by atoms with Gasteiger partial charge in [0, 0.05) is 46.2 Å². The molecule has 2 aliphatic rings. The van der Waals surface area contributed by atoms with Crippen LogP contribution in [0.3, 0.4) is 0 Å². The van der Waals surface area contributed by atoms with E-state index < -0.39 is 7.14 Å². The van der Waals surface area contributed by atoms with Gasteiger partial charge in [0.2, 0.25) is 0 Å². The first-order valence-corrected chi connectivity index (χ1v) is 13.9. The van der Waals surface area contributed by atoms with Crippen molar-refractivity contribution in [2.45, 2.75) is 13.1 Å². The number of hydrogen-bond acceptors (Lipinski definition) is 5. The van der Waals surface area contributed by atoms with Gasteiger partial charge in [0.05, 0.1) is 0 Å². The summed E-state index contributed by atoms with van der Waals surface area (Å²) in [6.07, 6.45) is 0. The van der Waals surface area contributed by atoms with E-state index in [-0.39, 0.29) is 0 Å². The van der Waals surface area contributed by atoms with Crippen LogP contribution in [-0.2, 0) is 17.7 Å². The average Bonchev–Trinajstić information content (AvgIpc) is 2.92. The van der Waals surface area contributed by atoms with Gasteiger partial charge >= 0.3 is 0 Å². The molecule has 4 aromatic carbocycles. The normalized spacial score (nSPS) is 15.0. The molecule has 4 aromatic rings. The zero-order chi connectivity index (χ0) is 23.8. The minimum atomic E-state index is -2.82. The summed E-state index contributed by atoms with van der Waals surface area (Å²) in [4.78, 5) is 4.34. The van der Waals surface area contributed by atoms with Crippen LogP contribution < -0.4 is 29.9 Å². The number of ether oxygens (including phenoxy) is 2. The number of rotatable bonds is 4. The number of fused-ring (bicyclic) bond motifs is 2. The molecule has 0 bridgehead atoms. The Morgan fingerprint density at radius 3 is 1.57 bits per heavy atom. The van der Waals surface area contributed by atoms with Gasteiger partial charge in [-0.15, -0.1) is 0 Å². The fourth-order valence-corrected chi connectivity index (χ4v) is 6.54. The Morgan fingerprint density at radius 2 is 1.09 bits per heavy atom. The summed E-state index contributed by atoms with van der Waals surface area (Å²) in [5.74, 6) is 1.87. The number of para-hydroxylation sites is 2. The maximum absolute atomic E-state index is 14.2. The third kappa shape index (κ3) is 4.17. The maximum Gasteiger partial charge on any atom is 0.161 e. The van der Waals surface area contributed by atoms with E-state index in [4.69, 9.17) is 9.47 Å². The second-order valence-electron chi connectivity index (χ2n) is 9.12. The molecular formula is C29H27N2O3P. The monoisotopic (exact) mass is 482 g/mol. The Morgan fingerprint density at radius 1 is 0.629 bits per heavy atom. The molecule has 0 saturated heterocycles. The van der Waals surface area contributed by atoms with Crippen molar-refractivity contribution in [2.75, 3.05) is 29.9 Å². The predicted molar refractivity (Wildman–Crippen MR) is 142 cm³/mol. The topological polar surface area (TPSA) is 42.0 Å². The summed E-state index contributed by atoms with van der Waals surface area (Å²) in [6, 6.07) is 32.3. The number of hydrogen-bond donors (Lipinski definition) is 0. The summed E-state index contributed by atoms with van der Waals surface area (Å²) in [5, 5.41) is 1.68. The highest BCUT2D eigenvalue weighted by Crippen LogP contribution is 2.41. The Hall–Kier alpha value is -3.69. The molecule has 5 nitrogen and oxygen atoms in total. The molecule has 0 spiro atoms. The Labute approximate surface area is 205 Å². The van der Waals surface area contributed by atoms with Crippen molar-refractivity contribution in [1.82, 2.24) is 0 Å². The SMILES string of the molecule is CP(=O)(c1cccc(N2COc3ccccc3C2)c1)c1cccc(N2COc3ccccc3C2)c1. The molecule has 0 fully saturated rings. The molecule has 0 N–H and O–H groups in total. The zero-order valence-corrected chi connectivity index (χ0v) is 20.5. The molecule has 0 aliphatic carbocycles. The summed E-state index contributed by atoms with van der Waals surface area (Å²) >= 11 is 0. The molecule has 0 aromatic heterocycles. The standard InChI is InChI=1S/C29H27N2O3P/c1-35(32,26-12-6-10-24(16-26)30-18-22-8-2-4-14-28(22)33-20-30)27-13-7-11-25(17-27)31-19-23-9-3-5-15-29(23)34-21-31/h2-17H,18-21H2,1H3. The second kappa shape index (κ2) is 8.83. The molecule has 0 saturated carbocycles. The largest absolute Gasteiger partial charge is 0.473 e. The lowest BCUT2D eigenvalue weighted by atomic mass is 10.1. The van der Waals surface area contributed by atoms with Gasteiger partial charge in [-0.25, -0.2) is 0 Å². The van der Waals surface area contributed by atoms with E-state index >= 15 is 0 Å². The van der Waals surface area contributed by atoms with Crippen LogP contribution in [0, 0.1) is 0 Å². The summed E-state index contributed by atoms with van der Waals surface area (Å²) < 4.78 is 26.1. The van der Waals surface area contributed by atoms with E-state index in [1.165, 1.54) is 0 Å². The minimum Gasteiger partial charge on any atom is -0.473 e. The van der Waals surface area contributed by atoms with Gasteiger partial charge in [-0.1, -0.05) is 60.7 Å². The molecule has 0 radical (unpaired) electrons. The van der Waals surface area contributed by atoms with Crippen LogP contribution in [0.25, 0.3) is 0 Å². The van der Waals surface area contributed by atoms with E-state index in [2.05, 4.69) is 34.1 Å². The van der Waals surface area contributed by atoms with Crippen LogP contribution in [-0.4, -0.2) is 20.1 Å². The van der Waals surface area contributed by atoms with Gasteiger partial charge in [0.1, 0.15) is 18.6 Å². The Bertz CT molecular complexity index is 1330. The molecule has 0 amide bonds. The van der Waals surface area contributed by atoms with Crippen molar-refractivity contribution in [3.63, 3.8) is 0 Å². The van der Waals surface area contributed by atoms with E-state index in [9.17, 15) is 4.57 Å². The Kier molecular flexibility index (Phi) is 5.50. The van der Waals surface area contributed by atoms with Crippen molar-refractivity contribution in [2.24, 2.45) is 0 Å². The van der Waals surface area contributed by atoms with Crippen molar-refractivity contribution in [1.29, 1.82) is 0 Å². The molecule has 176 valence electrons. The summed E-state index contributed by atoms with van der Waals surface area (Å²) in [7, 11) is -2.82. The van der Waals surface area contributed by atoms with Crippen molar-refractivity contribution in [3.8, 4) is 11.5 Å². The van der Waals surface area contributed by atoms with Gasteiger partial charge in [-0.2, -0.15) is 0 Å². The molecule has 0 atom stereocenters. The number of benzene rings is 4. The fourth-order valence-electron chi connectivity index (χ4n) is 4.74. The van der Waals surface area contributed by atoms with Crippen molar-refractivity contribution >= 4 is 29.1 Å². The first kappa shape index (κ1) is 21.8. The summed E-state index contributed by atoms with van der Waals surface area (Å²) in [5.41, 5.74) is 4.33. The lowest BCUT2D eigenvalue weighted by molar-refractivity contribution is 0.289. The number of anilines is 2. The molecular weight excluding hydrogens is 455 g/mol. The van der Waals surface area contributed by atoms with E-state index in [0.717, 1.165) is 57.7 Å². The van der Waals surface area contributed by atoms with Crippen molar-refractivity contribution < 1.29 is 14.0 Å². The molecule has 0 unspecified atom stereocenters. The molecule has 6 heteroatoms. The number of nitrogens with zero attached hydrogens (tertiary/aromatic N) is 2. The van der Waals surface area contributed by atoms with Gasteiger partial charge in [-0.05, 0) is 43.1 Å². The van der Waals surface area contributed by atoms with E-state index in [1.54, 1.807) is 0 Å².